The molecule has 0 saturated carbocycles. The molecule has 9 heteroatoms. The minimum Gasteiger partial charge on any atom is -0.454 e. The Labute approximate surface area is 156 Å². The average Bonchev–Trinajstić information content (AvgIpc) is 3.27. The van der Waals surface area contributed by atoms with E-state index in [1.165, 1.54) is 10.9 Å². The summed E-state index contributed by atoms with van der Waals surface area (Å²) in [4.78, 5) is 6.47. The minimum absolute atomic E-state index is 0.120. The molecule has 28 heavy (non-hydrogen) atoms. The minimum atomic E-state index is -4.60. The number of aromatic nitrogens is 4. The number of alkyl halides is 3. The van der Waals surface area contributed by atoms with Crippen LogP contribution < -0.4 is 4.74 Å². The van der Waals surface area contributed by atoms with Crippen LogP contribution >= 0.6 is 0 Å². The van der Waals surface area contributed by atoms with Crippen molar-refractivity contribution in [3.8, 4) is 28.8 Å². The summed E-state index contributed by atoms with van der Waals surface area (Å²) in [6.45, 7) is 0. The third-order valence-corrected chi connectivity index (χ3v) is 4.26. The molecule has 0 fully saturated rings. The molecule has 0 spiro atoms. The molecular weight excluding hydrogens is 371 g/mol. The van der Waals surface area contributed by atoms with Crippen LogP contribution in [0.3, 0.4) is 0 Å². The number of hydrogen-bond donors (Lipinski definition) is 1. The first kappa shape index (κ1) is 17.6. The quantitative estimate of drug-likeness (QED) is 0.559. The molecule has 6 nitrogen and oxygen atoms in total. The standard InChI is InChI=1S/C19H12F3N5O/c1-27-14(5-6-26-27)12-7-17(19(20,21)22)25-10-16(12)28-15-4-2-3-13-18(15)11(8-23)9-24-13/h2-7,9-10,24H,1H3. The summed E-state index contributed by atoms with van der Waals surface area (Å²) in [7, 11) is 1.62. The van der Waals surface area contributed by atoms with E-state index in [0.29, 0.717) is 27.9 Å². The second-order valence-electron chi connectivity index (χ2n) is 6.00. The predicted octanol–water partition coefficient (Wildman–Crippen LogP) is 4.65. The van der Waals surface area contributed by atoms with E-state index < -0.39 is 11.9 Å². The van der Waals surface area contributed by atoms with Crippen LogP contribution in [0.4, 0.5) is 13.2 Å². The molecule has 4 rings (SSSR count). The van der Waals surface area contributed by atoms with Crippen LogP contribution in [0.25, 0.3) is 22.2 Å². The van der Waals surface area contributed by atoms with Gasteiger partial charge in [-0.15, -0.1) is 0 Å². The molecule has 1 N–H and O–H groups in total. The van der Waals surface area contributed by atoms with Gasteiger partial charge in [-0.25, -0.2) is 4.98 Å². The van der Waals surface area contributed by atoms with E-state index in [2.05, 4.69) is 21.1 Å². The summed E-state index contributed by atoms with van der Waals surface area (Å²) in [5, 5.41) is 13.9. The maximum atomic E-state index is 13.2. The number of benzene rings is 1. The number of nitrogens with zero attached hydrogens (tertiary/aromatic N) is 4. The molecular formula is C19H12F3N5O. The molecule has 0 amide bonds. The number of rotatable bonds is 3. The number of fused-ring (bicyclic) bond motifs is 1. The zero-order valence-electron chi connectivity index (χ0n) is 14.4. The normalized spacial score (nSPS) is 11.5. The van der Waals surface area contributed by atoms with Gasteiger partial charge in [0, 0.05) is 25.0 Å². The van der Waals surface area contributed by atoms with E-state index in [1.807, 2.05) is 0 Å². The van der Waals surface area contributed by atoms with Crippen LogP contribution in [-0.2, 0) is 13.2 Å². The number of hydrogen-bond acceptors (Lipinski definition) is 4. The number of halogens is 3. The molecule has 0 atom stereocenters. The summed E-state index contributed by atoms with van der Waals surface area (Å²) < 4.78 is 46.9. The van der Waals surface area contributed by atoms with Crippen molar-refractivity contribution < 1.29 is 17.9 Å². The molecule has 0 bridgehead atoms. The first-order valence-corrected chi connectivity index (χ1v) is 8.12. The van der Waals surface area contributed by atoms with Gasteiger partial charge < -0.3 is 9.72 Å². The lowest BCUT2D eigenvalue weighted by Crippen LogP contribution is -2.09. The van der Waals surface area contributed by atoms with Gasteiger partial charge in [0.05, 0.1) is 28.4 Å². The highest BCUT2D eigenvalue weighted by Gasteiger charge is 2.33. The maximum Gasteiger partial charge on any atom is 0.433 e. The molecule has 3 aromatic heterocycles. The monoisotopic (exact) mass is 383 g/mol. The Kier molecular flexibility index (Phi) is 4.04. The van der Waals surface area contributed by atoms with Crippen LogP contribution in [-0.4, -0.2) is 19.7 Å². The number of ether oxygens (including phenoxy) is 1. The fourth-order valence-electron chi connectivity index (χ4n) is 2.96. The molecule has 0 unspecified atom stereocenters. The lowest BCUT2D eigenvalue weighted by molar-refractivity contribution is -0.141. The van der Waals surface area contributed by atoms with Gasteiger partial charge in [0.15, 0.2) is 5.75 Å². The van der Waals surface area contributed by atoms with Gasteiger partial charge in [-0.3, -0.25) is 4.68 Å². The van der Waals surface area contributed by atoms with Crippen molar-refractivity contribution >= 4 is 10.9 Å². The van der Waals surface area contributed by atoms with E-state index in [1.54, 1.807) is 37.5 Å². The SMILES string of the molecule is Cn1nccc1-c1cc(C(F)(F)F)ncc1Oc1cccc2[nH]cc(C#N)c12. The van der Waals surface area contributed by atoms with Crippen LogP contribution in [0.2, 0.25) is 0 Å². The van der Waals surface area contributed by atoms with Crippen LogP contribution in [0.15, 0.2) is 48.9 Å². The summed E-state index contributed by atoms with van der Waals surface area (Å²) in [5.41, 5.74) is 0.634. The summed E-state index contributed by atoms with van der Waals surface area (Å²) in [6.07, 6.45) is -0.540. The molecule has 4 aromatic rings. The summed E-state index contributed by atoms with van der Waals surface area (Å²) in [5.74, 6) is 0.453. The van der Waals surface area contributed by atoms with E-state index in [0.717, 1.165) is 12.3 Å². The van der Waals surface area contributed by atoms with E-state index >= 15 is 0 Å². The van der Waals surface area contributed by atoms with Crippen molar-refractivity contribution in [3.63, 3.8) is 0 Å². The Hall–Kier alpha value is -3.80. The fourth-order valence-corrected chi connectivity index (χ4v) is 2.96. The van der Waals surface area contributed by atoms with Crippen molar-refractivity contribution in [2.75, 3.05) is 0 Å². The highest BCUT2D eigenvalue weighted by molar-refractivity contribution is 5.91. The molecule has 0 aliphatic carbocycles. The fraction of sp³-hybridized carbons (Fsp3) is 0.105. The van der Waals surface area contributed by atoms with Crippen LogP contribution in [0, 0.1) is 11.3 Å². The van der Waals surface area contributed by atoms with Gasteiger partial charge in [0.1, 0.15) is 17.5 Å². The molecule has 3 heterocycles. The van der Waals surface area contributed by atoms with E-state index in [9.17, 15) is 18.4 Å². The Bertz CT molecular complexity index is 1220. The lowest BCUT2D eigenvalue weighted by Gasteiger charge is -2.14. The summed E-state index contributed by atoms with van der Waals surface area (Å²) >= 11 is 0. The number of aryl methyl sites for hydroxylation is 1. The Morgan fingerprint density at radius 2 is 2.04 bits per heavy atom. The van der Waals surface area contributed by atoms with E-state index in [-0.39, 0.29) is 11.3 Å². The smallest absolute Gasteiger partial charge is 0.433 e. The third-order valence-electron chi connectivity index (χ3n) is 4.26. The molecule has 1 aromatic carbocycles. The van der Waals surface area contributed by atoms with Crippen molar-refractivity contribution in [1.29, 1.82) is 5.26 Å². The van der Waals surface area contributed by atoms with Crippen molar-refractivity contribution in [2.24, 2.45) is 7.05 Å². The first-order valence-electron chi connectivity index (χ1n) is 8.12. The van der Waals surface area contributed by atoms with Gasteiger partial charge >= 0.3 is 6.18 Å². The largest absolute Gasteiger partial charge is 0.454 e. The third kappa shape index (κ3) is 2.95. The zero-order chi connectivity index (χ0) is 19.9. The lowest BCUT2D eigenvalue weighted by atomic mass is 10.1. The second kappa shape index (κ2) is 6.42. The van der Waals surface area contributed by atoms with Gasteiger partial charge in [-0.2, -0.15) is 23.5 Å². The summed E-state index contributed by atoms with van der Waals surface area (Å²) in [6, 6.07) is 9.71. The number of H-pyrrole nitrogens is 1. The predicted molar refractivity (Wildman–Crippen MR) is 94.5 cm³/mol. The van der Waals surface area contributed by atoms with Crippen molar-refractivity contribution in [1.82, 2.24) is 19.7 Å². The van der Waals surface area contributed by atoms with E-state index in [4.69, 9.17) is 4.74 Å². The Morgan fingerprint density at radius 1 is 1.21 bits per heavy atom. The maximum absolute atomic E-state index is 13.2. The first-order chi connectivity index (χ1) is 13.4. The van der Waals surface area contributed by atoms with Gasteiger partial charge in [0.25, 0.3) is 0 Å². The van der Waals surface area contributed by atoms with Crippen LogP contribution in [0.5, 0.6) is 11.5 Å². The molecule has 0 aliphatic rings. The van der Waals surface area contributed by atoms with Crippen molar-refractivity contribution in [2.45, 2.75) is 6.18 Å². The average molecular weight is 383 g/mol. The Balaban J connectivity index is 1.88. The molecule has 140 valence electrons. The number of nitrogens with one attached hydrogen (secondary N) is 1. The second-order valence-corrected chi connectivity index (χ2v) is 6.00. The number of aromatic amines is 1. The van der Waals surface area contributed by atoms with Gasteiger partial charge in [-0.05, 0) is 24.3 Å². The Morgan fingerprint density at radius 3 is 2.71 bits per heavy atom. The molecule has 0 aliphatic heterocycles. The number of nitriles is 1. The molecule has 0 radical (unpaired) electrons. The zero-order valence-corrected chi connectivity index (χ0v) is 14.4. The van der Waals surface area contributed by atoms with Gasteiger partial charge in [0.2, 0.25) is 0 Å². The number of pyridine rings is 1. The highest BCUT2D eigenvalue weighted by Crippen LogP contribution is 2.39. The van der Waals surface area contributed by atoms with Crippen LogP contribution in [0.1, 0.15) is 11.3 Å². The van der Waals surface area contributed by atoms with Gasteiger partial charge in [-0.1, -0.05) is 6.07 Å². The van der Waals surface area contributed by atoms with Crippen molar-refractivity contribution in [3.05, 3.63) is 60.2 Å². The topological polar surface area (TPSA) is 79.5 Å². The highest BCUT2D eigenvalue weighted by atomic mass is 19.4. The molecule has 0 saturated heterocycles.